The quantitative estimate of drug-likeness (QED) is 0.349. The van der Waals surface area contributed by atoms with Gasteiger partial charge in [0.15, 0.2) is 0 Å². The lowest BCUT2D eigenvalue weighted by Gasteiger charge is -2.07. The summed E-state index contributed by atoms with van der Waals surface area (Å²) in [6, 6.07) is -1.85. The molecule has 17 heavy (non-hydrogen) atoms. The van der Waals surface area contributed by atoms with Crippen LogP contribution in [0.15, 0.2) is 0 Å². The second-order valence-electron chi connectivity index (χ2n) is 2.46. The highest BCUT2D eigenvalue weighted by Crippen LogP contribution is 2.22. The van der Waals surface area contributed by atoms with Crippen LogP contribution >= 0.6 is 46.4 Å². The first kappa shape index (κ1) is 25.8. The third-order valence-corrected chi connectivity index (χ3v) is 3.69. The molecule has 7 nitrogen and oxygen atoms in total. The summed E-state index contributed by atoms with van der Waals surface area (Å²) in [6.07, 6.45) is 0. The molecule has 0 saturated heterocycles. The minimum atomic E-state index is -1.07. The van der Waals surface area contributed by atoms with E-state index in [9.17, 15) is 9.59 Å². The van der Waals surface area contributed by atoms with Gasteiger partial charge in [-0.25, -0.2) is 0 Å². The van der Waals surface area contributed by atoms with Gasteiger partial charge in [-0.15, -0.1) is 24.8 Å². The Balaban J connectivity index is -0.000000282. The Morgan fingerprint density at radius 3 is 1.35 bits per heavy atom. The summed E-state index contributed by atoms with van der Waals surface area (Å²) in [4.78, 5) is 20.5. The fourth-order valence-electron chi connectivity index (χ4n) is 0.385. The van der Waals surface area contributed by atoms with E-state index < -0.39 is 24.0 Å². The molecular formula is C6H16Cl2N2O5S2. The van der Waals surface area contributed by atoms with E-state index in [1.54, 1.807) is 0 Å². The maximum atomic E-state index is 10.3. The Morgan fingerprint density at radius 2 is 1.18 bits per heavy atom. The summed E-state index contributed by atoms with van der Waals surface area (Å²) in [5.74, 6) is -1.68. The van der Waals surface area contributed by atoms with E-state index in [0.29, 0.717) is 0 Å². The number of rotatable bonds is 7. The number of hydrogen-bond acceptors (Lipinski definition) is 6. The van der Waals surface area contributed by atoms with Crippen molar-refractivity contribution in [3.63, 3.8) is 0 Å². The van der Waals surface area contributed by atoms with Crippen LogP contribution in [0.2, 0.25) is 0 Å². The number of halogens is 2. The predicted octanol–water partition coefficient (Wildman–Crippen LogP) is -0.789. The molecule has 0 bridgehead atoms. The van der Waals surface area contributed by atoms with Crippen LogP contribution in [-0.4, -0.2) is 51.2 Å². The molecule has 0 aromatic rings. The van der Waals surface area contributed by atoms with Crippen molar-refractivity contribution in [3.05, 3.63) is 0 Å². The van der Waals surface area contributed by atoms with Crippen LogP contribution in [0.25, 0.3) is 0 Å². The maximum Gasteiger partial charge on any atom is 0.321 e. The molecule has 0 spiro atoms. The summed E-state index contributed by atoms with van der Waals surface area (Å²) in [6.45, 7) is 0. The van der Waals surface area contributed by atoms with Gasteiger partial charge in [-0.3, -0.25) is 9.59 Å². The number of nitrogens with two attached hydrogens (primary N) is 2. The van der Waals surface area contributed by atoms with Crippen LogP contribution in [0.4, 0.5) is 0 Å². The summed E-state index contributed by atoms with van der Waals surface area (Å²) in [7, 11) is 2.41. The Hall–Kier alpha value is 0.1000. The first-order valence-corrected chi connectivity index (χ1v) is 6.15. The van der Waals surface area contributed by atoms with Gasteiger partial charge in [0, 0.05) is 11.5 Å². The van der Waals surface area contributed by atoms with Crippen molar-refractivity contribution in [1.82, 2.24) is 0 Å². The Bertz CT molecular complexity index is 203. The zero-order valence-corrected chi connectivity index (χ0v) is 11.8. The van der Waals surface area contributed by atoms with Gasteiger partial charge in [0.1, 0.15) is 12.1 Å². The van der Waals surface area contributed by atoms with Crippen molar-refractivity contribution >= 4 is 58.3 Å². The average molecular weight is 331 g/mol. The molecular weight excluding hydrogens is 315 g/mol. The molecule has 0 aliphatic rings. The average Bonchev–Trinajstić information content (AvgIpc) is 2.11. The van der Waals surface area contributed by atoms with E-state index in [1.807, 2.05) is 0 Å². The van der Waals surface area contributed by atoms with Gasteiger partial charge in [-0.1, -0.05) is 21.6 Å². The van der Waals surface area contributed by atoms with Gasteiger partial charge < -0.3 is 27.2 Å². The molecule has 0 aromatic carbocycles. The third kappa shape index (κ3) is 14.0. The van der Waals surface area contributed by atoms with Crippen LogP contribution in [0, 0.1) is 0 Å². The van der Waals surface area contributed by atoms with Gasteiger partial charge in [-0.2, -0.15) is 0 Å². The monoisotopic (exact) mass is 330 g/mol. The molecule has 0 saturated carbocycles. The molecule has 0 radical (unpaired) electrons. The first-order valence-electron chi connectivity index (χ1n) is 3.66. The molecule has 0 rings (SSSR count). The normalized spacial score (nSPS) is 12.1. The molecule has 0 aliphatic carbocycles. The van der Waals surface area contributed by atoms with Crippen LogP contribution in [-0.2, 0) is 9.59 Å². The molecule has 0 heterocycles. The highest BCUT2D eigenvalue weighted by atomic mass is 35.5. The summed E-state index contributed by atoms with van der Waals surface area (Å²) < 4.78 is 0. The maximum absolute atomic E-state index is 10.3. The number of carboxylic acids is 2. The van der Waals surface area contributed by atoms with Crippen LogP contribution in [0.3, 0.4) is 0 Å². The van der Waals surface area contributed by atoms with Gasteiger partial charge in [-0.05, 0) is 0 Å². The van der Waals surface area contributed by atoms with Gasteiger partial charge in [0.05, 0.1) is 0 Å². The van der Waals surface area contributed by atoms with E-state index >= 15 is 0 Å². The van der Waals surface area contributed by atoms with E-state index in [1.165, 1.54) is 21.6 Å². The lowest BCUT2D eigenvalue weighted by atomic mass is 10.4. The van der Waals surface area contributed by atoms with E-state index in [4.69, 9.17) is 21.7 Å². The fourth-order valence-corrected chi connectivity index (χ4v) is 2.61. The minimum absolute atomic E-state index is 0. The molecule has 0 aliphatic heterocycles. The topological polar surface area (TPSA) is 158 Å². The summed E-state index contributed by atoms with van der Waals surface area (Å²) in [5.41, 5.74) is 10.4. The first-order chi connectivity index (χ1) is 6.45. The molecule has 106 valence electrons. The summed E-state index contributed by atoms with van der Waals surface area (Å²) in [5, 5.41) is 16.8. The molecule has 8 N–H and O–H groups in total. The number of carbonyl (C=O) groups is 2. The molecule has 0 fully saturated rings. The van der Waals surface area contributed by atoms with Crippen LogP contribution in [0.1, 0.15) is 0 Å². The highest BCUT2D eigenvalue weighted by molar-refractivity contribution is 8.76. The van der Waals surface area contributed by atoms with Gasteiger partial charge in [0.25, 0.3) is 0 Å². The Morgan fingerprint density at radius 1 is 0.941 bits per heavy atom. The van der Waals surface area contributed by atoms with Gasteiger partial charge >= 0.3 is 11.9 Å². The van der Waals surface area contributed by atoms with Crippen molar-refractivity contribution in [2.45, 2.75) is 12.1 Å². The SMILES string of the molecule is Cl.Cl.NC(CSSC[C@H](N)C(=O)O)C(=O)O.O. The molecule has 1 unspecified atom stereocenters. The van der Waals surface area contributed by atoms with Crippen molar-refractivity contribution in [2.24, 2.45) is 11.5 Å². The third-order valence-electron chi connectivity index (χ3n) is 1.21. The van der Waals surface area contributed by atoms with E-state index in [-0.39, 0.29) is 41.8 Å². The van der Waals surface area contributed by atoms with Crippen molar-refractivity contribution in [1.29, 1.82) is 0 Å². The largest absolute Gasteiger partial charge is 0.480 e. The van der Waals surface area contributed by atoms with Crippen molar-refractivity contribution < 1.29 is 25.3 Å². The standard InChI is InChI=1S/C6H12N2O4S2.2ClH.H2O/c7-3(5(9)10)1-13-14-2-4(8)6(11)12;;;/h3-4H,1-2,7-8H2,(H,9,10)(H,11,12);2*1H;1H2/t3-,4?;;;/m0.../s1. The van der Waals surface area contributed by atoms with Crippen LogP contribution in [0.5, 0.6) is 0 Å². The molecule has 11 heteroatoms. The van der Waals surface area contributed by atoms with Crippen molar-refractivity contribution in [3.8, 4) is 0 Å². The van der Waals surface area contributed by atoms with Gasteiger partial charge in [0.2, 0.25) is 0 Å². The highest BCUT2D eigenvalue weighted by Gasteiger charge is 2.14. The van der Waals surface area contributed by atoms with E-state index in [0.717, 1.165) is 0 Å². The zero-order valence-electron chi connectivity index (χ0n) is 8.57. The second kappa shape index (κ2) is 14.2. The second-order valence-corrected chi connectivity index (χ2v) is 5.01. The Kier molecular flexibility index (Phi) is 21.5. The minimum Gasteiger partial charge on any atom is -0.480 e. The fraction of sp³-hybridized carbons (Fsp3) is 0.667. The summed E-state index contributed by atoms with van der Waals surface area (Å²) >= 11 is 0. The lowest BCUT2D eigenvalue weighted by Crippen LogP contribution is -2.33. The number of carboxylic acid groups (broad SMARTS) is 2. The lowest BCUT2D eigenvalue weighted by molar-refractivity contribution is -0.138. The number of hydrogen-bond donors (Lipinski definition) is 4. The van der Waals surface area contributed by atoms with E-state index in [2.05, 4.69) is 0 Å². The van der Waals surface area contributed by atoms with Crippen LogP contribution < -0.4 is 11.5 Å². The molecule has 0 amide bonds. The van der Waals surface area contributed by atoms with Crippen molar-refractivity contribution in [2.75, 3.05) is 11.5 Å². The zero-order chi connectivity index (χ0) is 11.1. The Labute approximate surface area is 119 Å². The smallest absolute Gasteiger partial charge is 0.321 e. The molecule has 2 atom stereocenters. The predicted molar refractivity (Wildman–Crippen MR) is 74.2 cm³/mol. The molecule has 0 aromatic heterocycles. The number of aliphatic carboxylic acids is 2.